The molecule has 0 heterocycles. The van der Waals surface area contributed by atoms with Gasteiger partial charge in [-0.05, 0) is 42.2 Å². The van der Waals surface area contributed by atoms with E-state index in [9.17, 15) is 23.3 Å². The number of aryl methyl sites for hydroxylation is 1. The highest BCUT2D eigenvalue weighted by Crippen LogP contribution is 2.28. The molecule has 0 atom stereocenters. The molecule has 10 heteroatoms. The summed E-state index contributed by atoms with van der Waals surface area (Å²) in [6.07, 6.45) is 0.984. The van der Waals surface area contributed by atoms with Crippen LogP contribution in [0, 0.1) is 17.0 Å². The van der Waals surface area contributed by atoms with E-state index in [0.717, 1.165) is 23.4 Å². The van der Waals surface area contributed by atoms with Crippen molar-refractivity contribution in [3.63, 3.8) is 0 Å². The summed E-state index contributed by atoms with van der Waals surface area (Å²) < 4.78 is 28.9. The van der Waals surface area contributed by atoms with Gasteiger partial charge >= 0.3 is 0 Å². The van der Waals surface area contributed by atoms with Gasteiger partial charge in [-0.15, -0.1) is 0 Å². The summed E-state index contributed by atoms with van der Waals surface area (Å²) in [5.74, 6) is 0.609. The quantitative estimate of drug-likeness (QED) is 0.324. The molecule has 2 N–H and O–H groups in total. The molecule has 0 aliphatic heterocycles. The highest BCUT2D eigenvalue weighted by atomic mass is 32.2. The number of nitro groups is 1. The summed E-state index contributed by atoms with van der Waals surface area (Å²) in [6, 6.07) is 9.52. The van der Waals surface area contributed by atoms with Crippen LogP contribution < -0.4 is 15.4 Å². The maximum absolute atomic E-state index is 12.1. The predicted molar refractivity (Wildman–Crippen MR) is 118 cm³/mol. The third-order valence-electron chi connectivity index (χ3n) is 4.51. The molecule has 168 valence electrons. The van der Waals surface area contributed by atoms with Crippen LogP contribution >= 0.6 is 0 Å². The van der Waals surface area contributed by atoms with E-state index in [4.69, 9.17) is 4.74 Å². The number of nitrogens with one attached hydrogen (secondary N) is 2. The molecule has 0 fully saturated rings. The molecule has 0 aromatic heterocycles. The normalized spacial score (nSPS) is 11.3. The number of nitro benzene ring substituents is 1. The molecule has 2 aromatic carbocycles. The summed E-state index contributed by atoms with van der Waals surface area (Å²) >= 11 is 0. The number of anilines is 1. The Labute approximate surface area is 181 Å². The zero-order valence-electron chi connectivity index (χ0n) is 18.0. The number of hydrogen-bond donors (Lipinski definition) is 2. The first-order chi connectivity index (χ1) is 14.5. The smallest absolute Gasteiger partial charge is 0.293 e. The molecule has 9 nitrogen and oxygen atoms in total. The average Bonchev–Trinajstić information content (AvgIpc) is 2.68. The lowest BCUT2D eigenvalue weighted by Crippen LogP contribution is -2.32. The van der Waals surface area contributed by atoms with E-state index >= 15 is 0 Å². The van der Waals surface area contributed by atoms with Crippen LogP contribution in [-0.2, 0) is 14.6 Å². The first kappa shape index (κ1) is 24.1. The number of rotatable bonds is 10. The molecule has 0 saturated heterocycles. The van der Waals surface area contributed by atoms with Crippen molar-refractivity contribution < 1.29 is 22.9 Å². The highest BCUT2D eigenvalue weighted by molar-refractivity contribution is 7.90. The molecule has 2 aromatic rings. The SMILES string of the molecule is Cc1ccc(C(C)C)c(OCC(=O)NCCNc2ccc(S(C)(=O)=O)cc2[N+](=O)[O-])c1. The van der Waals surface area contributed by atoms with E-state index in [1.807, 2.05) is 39.0 Å². The second-order valence-electron chi connectivity index (χ2n) is 7.47. The fraction of sp³-hybridized carbons (Fsp3) is 0.381. The van der Waals surface area contributed by atoms with Crippen LogP contribution in [0.25, 0.3) is 0 Å². The number of nitrogens with zero attached hydrogens (tertiary/aromatic N) is 1. The zero-order chi connectivity index (χ0) is 23.2. The summed E-state index contributed by atoms with van der Waals surface area (Å²) in [5, 5.41) is 16.8. The third-order valence-corrected chi connectivity index (χ3v) is 5.62. The van der Waals surface area contributed by atoms with E-state index in [-0.39, 0.29) is 47.8 Å². The van der Waals surface area contributed by atoms with E-state index in [1.54, 1.807) is 0 Å². The molecule has 0 saturated carbocycles. The maximum atomic E-state index is 12.1. The fourth-order valence-corrected chi connectivity index (χ4v) is 3.52. The van der Waals surface area contributed by atoms with Crippen molar-refractivity contribution >= 4 is 27.1 Å². The molecule has 0 aliphatic rings. The van der Waals surface area contributed by atoms with Crippen molar-refractivity contribution in [2.45, 2.75) is 31.6 Å². The van der Waals surface area contributed by atoms with Crippen molar-refractivity contribution in [1.29, 1.82) is 0 Å². The number of ether oxygens (including phenoxy) is 1. The van der Waals surface area contributed by atoms with Gasteiger partial charge in [-0.3, -0.25) is 14.9 Å². The van der Waals surface area contributed by atoms with Gasteiger partial charge in [0.2, 0.25) is 0 Å². The Morgan fingerprint density at radius 1 is 1.16 bits per heavy atom. The van der Waals surface area contributed by atoms with Crippen LogP contribution in [0.2, 0.25) is 0 Å². The molecule has 0 radical (unpaired) electrons. The van der Waals surface area contributed by atoms with Crippen molar-refractivity contribution in [2.24, 2.45) is 0 Å². The topological polar surface area (TPSA) is 128 Å². The molecule has 0 bridgehead atoms. The van der Waals surface area contributed by atoms with Gasteiger partial charge in [0.1, 0.15) is 11.4 Å². The largest absolute Gasteiger partial charge is 0.483 e. The summed E-state index contributed by atoms with van der Waals surface area (Å²) in [4.78, 5) is 22.5. The Balaban J connectivity index is 1.89. The first-order valence-corrected chi connectivity index (χ1v) is 11.6. The number of amides is 1. The Morgan fingerprint density at radius 2 is 1.87 bits per heavy atom. The van der Waals surface area contributed by atoms with Gasteiger partial charge in [-0.25, -0.2) is 8.42 Å². The van der Waals surface area contributed by atoms with Gasteiger partial charge in [0, 0.05) is 25.4 Å². The van der Waals surface area contributed by atoms with Crippen LogP contribution in [0.1, 0.15) is 30.9 Å². The van der Waals surface area contributed by atoms with Crippen LogP contribution in [0.5, 0.6) is 5.75 Å². The van der Waals surface area contributed by atoms with E-state index < -0.39 is 14.8 Å². The van der Waals surface area contributed by atoms with Crippen LogP contribution in [0.4, 0.5) is 11.4 Å². The Bertz CT molecular complexity index is 1070. The van der Waals surface area contributed by atoms with Gasteiger partial charge in [-0.2, -0.15) is 0 Å². The molecular formula is C21H27N3O6S. The first-order valence-electron chi connectivity index (χ1n) is 9.71. The van der Waals surface area contributed by atoms with E-state index in [2.05, 4.69) is 10.6 Å². The molecule has 1 amide bonds. The van der Waals surface area contributed by atoms with E-state index in [0.29, 0.717) is 5.75 Å². The number of carbonyl (C=O) groups is 1. The lowest BCUT2D eigenvalue weighted by Gasteiger charge is -2.15. The number of sulfone groups is 1. The summed E-state index contributed by atoms with van der Waals surface area (Å²) in [7, 11) is -3.56. The number of carbonyl (C=O) groups excluding carboxylic acids is 1. The predicted octanol–water partition coefficient (Wildman–Crippen LogP) is 3.04. The molecule has 2 rings (SSSR count). The summed E-state index contributed by atoms with van der Waals surface area (Å²) in [6.45, 7) is 6.32. The minimum atomic E-state index is -3.56. The fourth-order valence-electron chi connectivity index (χ4n) is 2.88. The van der Waals surface area contributed by atoms with Gasteiger partial charge in [0.15, 0.2) is 16.4 Å². The number of hydrogen-bond acceptors (Lipinski definition) is 7. The maximum Gasteiger partial charge on any atom is 0.293 e. The van der Waals surface area contributed by atoms with E-state index in [1.165, 1.54) is 12.1 Å². The van der Waals surface area contributed by atoms with Crippen LogP contribution in [0.3, 0.4) is 0 Å². The Morgan fingerprint density at radius 3 is 2.48 bits per heavy atom. The van der Waals surface area contributed by atoms with Crippen LogP contribution in [0.15, 0.2) is 41.3 Å². The van der Waals surface area contributed by atoms with Crippen molar-refractivity contribution in [3.8, 4) is 5.75 Å². The van der Waals surface area contributed by atoms with Gasteiger partial charge in [-0.1, -0.05) is 26.0 Å². The lowest BCUT2D eigenvalue weighted by atomic mass is 10.0. The monoisotopic (exact) mass is 449 g/mol. The Kier molecular flexibility index (Phi) is 7.98. The second-order valence-corrected chi connectivity index (χ2v) is 9.49. The molecule has 31 heavy (non-hydrogen) atoms. The minimum absolute atomic E-state index is 0.132. The van der Waals surface area contributed by atoms with Gasteiger partial charge < -0.3 is 15.4 Å². The van der Waals surface area contributed by atoms with Gasteiger partial charge in [0.05, 0.1) is 9.82 Å². The standard InChI is InChI=1S/C21H27N3O6S/c1-14(2)17-7-5-15(3)11-20(17)30-13-21(25)23-10-9-22-18-8-6-16(31(4,28)29)12-19(18)24(26)27/h5-8,11-12,14,22H,9-10,13H2,1-4H3,(H,23,25). The van der Waals surface area contributed by atoms with Crippen LogP contribution in [-0.4, -0.2) is 45.2 Å². The minimum Gasteiger partial charge on any atom is -0.483 e. The zero-order valence-corrected chi connectivity index (χ0v) is 18.8. The van der Waals surface area contributed by atoms with Gasteiger partial charge in [0.25, 0.3) is 11.6 Å². The second kappa shape index (κ2) is 10.3. The molecule has 0 unspecified atom stereocenters. The van der Waals surface area contributed by atoms with Crippen molar-refractivity contribution in [1.82, 2.24) is 5.32 Å². The molecule has 0 spiro atoms. The third kappa shape index (κ3) is 6.95. The van der Waals surface area contributed by atoms with Crippen molar-refractivity contribution in [2.75, 3.05) is 31.3 Å². The Hall–Kier alpha value is -3.14. The molecule has 0 aliphatic carbocycles. The average molecular weight is 450 g/mol. The summed E-state index contributed by atoms with van der Waals surface area (Å²) in [5.41, 5.74) is 1.87. The lowest BCUT2D eigenvalue weighted by molar-refractivity contribution is -0.384. The highest BCUT2D eigenvalue weighted by Gasteiger charge is 2.18. The number of benzene rings is 2. The molecular weight excluding hydrogens is 422 g/mol. The van der Waals surface area contributed by atoms with Crippen molar-refractivity contribution in [3.05, 3.63) is 57.6 Å².